The van der Waals surface area contributed by atoms with E-state index in [4.69, 9.17) is 0 Å². The predicted octanol–water partition coefficient (Wildman–Crippen LogP) is 4.38. The van der Waals surface area contributed by atoms with E-state index in [0.29, 0.717) is 17.2 Å². The lowest BCUT2D eigenvalue weighted by molar-refractivity contribution is -0.115. The summed E-state index contributed by atoms with van der Waals surface area (Å²) in [5.41, 5.74) is 3.82. The van der Waals surface area contributed by atoms with E-state index in [1.54, 1.807) is 24.3 Å². The van der Waals surface area contributed by atoms with E-state index in [0.717, 1.165) is 6.42 Å². The van der Waals surface area contributed by atoms with Crippen LogP contribution in [-0.2, 0) is 11.2 Å². The fraction of sp³-hybridized carbons (Fsp3) is 0.364. The minimum atomic E-state index is -0.101. The second kappa shape index (κ2) is 9.30. The van der Waals surface area contributed by atoms with Crippen molar-refractivity contribution in [3.63, 3.8) is 0 Å². The first-order chi connectivity index (χ1) is 12.4. The van der Waals surface area contributed by atoms with Crippen molar-refractivity contribution in [3.8, 4) is 0 Å². The van der Waals surface area contributed by atoms with Gasteiger partial charge in [0.2, 0.25) is 5.91 Å². The monoisotopic (exact) mass is 352 g/mol. The molecule has 1 amide bonds. The van der Waals surface area contributed by atoms with Crippen molar-refractivity contribution in [2.75, 3.05) is 11.9 Å². The third-order valence-electron chi connectivity index (χ3n) is 4.47. The number of amides is 1. The third kappa shape index (κ3) is 5.53. The highest BCUT2D eigenvalue weighted by Crippen LogP contribution is 2.22. The fourth-order valence-electron chi connectivity index (χ4n) is 2.90. The Morgan fingerprint density at radius 1 is 0.962 bits per heavy atom. The minimum Gasteiger partial charge on any atom is -0.325 e. The number of ketones is 1. The Bertz CT molecular complexity index is 734. The fourth-order valence-corrected chi connectivity index (χ4v) is 2.90. The first-order valence-electron chi connectivity index (χ1n) is 9.13. The van der Waals surface area contributed by atoms with Gasteiger partial charge in [-0.15, -0.1) is 0 Å². The van der Waals surface area contributed by atoms with Crippen LogP contribution in [0.15, 0.2) is 48.5 Å². The molecule has 0 aliphatic heterocycles. The van der Waals surface area contributed by atoms with Gasteiger partial charge in [-0.1, -0.05) is 45.0 Å². The van der Waals surface area contributed by atoms with Gasteiger partial charge in [-0.3, -0.25) is 9.59 Å². The molecule has 1 atom stereocenters. The average molecular weight is 352 g/mol. The molecule has 2 rings (SSSR count). The lowest BCUT2D eigenvalue weighted by atomic mass is 9.95. The molecule has 0 aliphatic rings. The van der Waals surface area contributed by atoms with E-state index in [2.05, 4.69) is 55.7 Å². The van der Waals surface area contributed by atoms with Gasteiger partial charge in [0.1, 0.15) is 0 Å². The topological polar surface area (TPSA) is 58.2 Å². The van der Waals surface area contributed by atoms with Crippen molar-refractivity contribution in [1.29, 1.82) is 0 Å². The van der Waals surface area contributed by atoms with E-state index in [9.17, 15) is 9.59 Å². The van der Waals surface area contributed by atoms with Gasteiger partial charge in [-0.05, 0) is 54.7 Å². The average Bonchev–Trinajstić information content (AvgIpc) is 2.62. The van der Waals surface area contributed by atoms with E-state index >= 15 is 0 Å². The number of benzene rings is 2. The van der Waals surface area contributed by atoms with Crippen LogP contribution in [0.2, 0.25) is 0 Å². The standard InChI is InChI=1S/C22H28N2O2/c1-5-17-6-8-19(9-7-17)22(15(2)3)23-14-21(26)24-20-12-10-18(11-13-20)16(4)25/h6-13,15,22-23H,5,14H2,1-4H3,(H,24,26)/t22-/m0/s1. The van der Waals surface area contributed by atoms with Crippen molar-refractivity contribution in [3.05, 3.63) is 65.2 Å². The number of hydrogen-bond donors (Lipinski definition) is 2. The van der Waals surface area contributed by atoms with Crippen LogP contribution in [0.5, 0.6) is 0 Å². The number of anilines is 1. The molecule has 0 aliphatic carbocycles. The minimum absolute atomic E-state index is 0.0124. The molecular formula is C22H28N2O2. The molecule has 4 heteroatoms. The summed E-state index contributed by atoms with van der Waals surface area (Å²) in [5.74, 6) is 0.278. The normalized spacial score (nSPS) is 12.0. The molecule has 138 valence electrons. The van der Waals surface area contributed by atoms with Gasteiger partial charge in [0.15, 0.2) is 5.78 Å². The first-order valence-corrected chi connectivity index (χ1v) is 9.13. The zero-order valence-corrected chi connectivity index (χ0v) is 16.0. The van der Waals surface area contributed by atoms with Crippen molar-refractivity contribution >= 4 is 17.4 Å². The Morgan fingerprint density at radius 2 is 1.58 bits per heavy atom. The van der Waals surface area contributed by atoms with Crippen LogP contribution in [-0.4, -0.2) is 18.2 Å². The summed E-state index contributed by atoms with van der Waals surface area (Å²) in [4.78, 5) is 23.5. The number of nitrogens with one attached hydrogen (secondary N) is 2. The third-order valence-corrected chi connectivity index (χ3v) is 4.47. The van der Waals surface area contributed by atoms with Crippen LogP contribution in [0, 0.1) is 5.92 Å². The summed E-state index contributed by atoms with van der Waals surface area (Å²) in [7, 11) is 0. The Balaban J connectivity index is 1.95. The molecule has 0 radical (unpaired) electrons. The highest BCUT2D eigenvalue weighted by molar-refractivity contribution is 5.96. The maximum Gasteiger partial charge on any atom is 0.238 e. The summed E-state index contributed by atoms with van der Waals surface area (Å²) in [6.07, 6.45) is 1.02. The number of carbonyl (C=O) groups is 2. The second-order valence-electron chi connectivity index (χ2n) is 6.88. The number of Topliss-reactive ketones (excluding diaryl/α,β-unsaturated/α-hetero) is 1. The van der Waals surface area contributed by atoms with E-state index < -0.39 is 0 Å². The van der Waals surface area contributed by atoms with Crippen LogP contribution < -0.4 is 10.6 Å². The SMILES string of the molecule is CCc1ccc([C@@H](NCC(=O)Nc2ccc(C(C)=O)cc2)C(C)C)cc1. The van der Waals surface area contributed by atoms with E-state index in [1.165, 1.54) is 18.1 Å². The quantitative estimate of drug-likeness (QED) is 0.693. The lowest BCUT2D eigenvalue weighted by Crippen LogP contribution is -2.33. The molecule has 0 spiro atoms. The highest BCUT2D eigenvalue weighted by Gasteiger charge is 2.16. The zero-order valence-electron chi connectivity index (χ0n) is 16.0. The lowest BCUT2D eigenvalue weighted by Gasteiger charge is -2.23. The van der Waals surface area contributed by atoms with E-state index in [1.807, 2.05) is 0 Å². The summed E-state index contributed by atoms with van der Waals surface area (Å²) in [5, 5.41) is 6.22. The second-order valence-corrected chi connectivity index (χ2v) is 6.88. The zero-order chi connectivity index (χ0) is 19.1. The van der Waals surface area contributed by atoms with Crippen molar-refractivity contribution in [2.45, 2.75) is 40.2 Å². The molecule has 0 saturated carbocycles. The van der Waals surface area contributed by atoms with Crippen LogP contribution in [0.1, 0.15) is 55.2 Å². The molecule has 0 bridgehead atoms. The molecule has 2 aromatic rings. The number of aryl methyl sites for hydroxylation is 1. The van der Waals surface area contributed by atoms with Gasteiger partial charge in [0.25, 0.3) is 0 Å². The molecule has 2 aromatic carbocycles. The number of hydrogen-bond acceptors (Lipinski definition) is 3. The molecule has 26 heavy (non-hydrogen) atoms. The van der Waals surface area contributed by atoms with Crippen LogP contribution in [0.3, 0.4) is 0 Å². The molecule has 0 saturated heterocycles. The van der Waals surface area contributed by atoms with Gasteiger partial charge in [0.05, 0.1) is 6.54 Å². The molecule has 4 nitrogen and oxygen atoms in total. The van der Waals surface area contributed by atoms with Crippen LogP contribution in [0.25, 0.3) is 0 Å². The first kappa shape index (κ1) is 19.9. The molecular weight excluding hydrogens is 324 g/mol. The summed E-state index contributed by atoms with van der Waals surface area (Å²) < 4.78 is 0. The maximum absolute atomic E-state index is 12.2. The van der Waals surface area contributed by atoms with Gasteiger partial charge >= 0.3 is 0 Å². The van der Waals surface area contributed by atoms with E-state index in [-0.39, 0.29) is 24.3 Å². The predicted molar refractivity (Wildman–Crippen MR) is 106 cm³/mol. The summed E-state index contributed by atoms with van der Waals surface area (Å²) in [6.45, 7) is 8.18. The Hall–Kier alpha value is -2.46. The molecule has 0 aromatic heterocycles. The van der Waals surface area contributed by atoms with Gasteiger partial charge in [0, 0.05) is 17.3 Å². The Morgan fingerprint density at radius 3 is 2.08 bits per heavy atom. The van der Waals surface area contributed by atoms with Crippen molar-refractivity contribution in [1.82, 2.24) is 5.32 Å². The molecule has 2 N–H and O–H groups in total. The van der Waals surface area contributed by atoms with Crippen LogP contribution in [0.4, 0.5) is 5.69 Å². The van der Waals surface area contributed by atoms with Gasteiger partial charge < -0.3 is 10.6 Å². The van der Waals surface area contributed by atoms with Crippen molar-refractivity contribution < 1.29 is 9.59 Å². The highest BCUT2D eigenvalue weighted by atomic mass is 16.2. The number of carbonyl (C=O) groups excluding carboxylic acids is 2. The summed E-state index contributed by atoms with van der Waals surface area (Å²) in [6, 6.07) is 15.6. The van der Waals surface area contributed by atoms with Gasteiger partial charge in [-0.2, -0.15) is 0 Å². The Kier molecular flexibility index (Phi) is 7.10. The van der Waals surface area contributed by atoms with Crippen LogP contribution >= 0.6 is 0 Å². The summed E-state index contributed by atoms with van der Waals surface area (Å²) >= 11 is 0. The van der Waals surface area contributed by atoms with Gasteiger partial charge in [-0.25, -0.2) is 0 Å². The molecule has 0 heterocycles. The number of rotatable bonds is 8. The molecule has 0 unspecified atom stereocenters. The largest absolute Gasteiger partial charge is 0.325 e. The van der Waals surface area contributed by atoms with Crippen molar-refractivity contribution in [2.24, 2.45) is 5.92 Å². The smallest absolute Gasteiger partial charge is 0.238 e. The molecule has 0 fully saturated rings. The maximum atomic E-state index is 12.2. The Labute approximate surface area is 156 Å².